The third kappa shape index (κ3) is 4.71. The van der Waals surface area contributed by atoms with Gasteiger partial charge in [-0.25, -0.2) is 4.98 Å². The normalized spacial score (nSPS) is 11.4. The van der Waals surface area contributed by atoms with Gasteiger partial charge >= 0.3 is 0 Å². The Morgan fingerprint density at radius 1 is 1.18 bits per heavy atom. The van der Waals surface area contributed by atoms with Crippen LogP contribution < -0.4 is 0 Å². The van der Waals surface area contributed by atoms with E-state index >= 15 is 0 Å². The second-order valence-corrected chi connectivity index (χ2v) is 6.10. The van der Waals surface area contributed by atoms with Gasteiger partial charge in [0.2, 0.25) is 5.89 Å². The van der Waals surface area contributed by atoms with Gasteiger partial charge in [-0.05, 0) is 38.0 Å². The molecule has 0 saturated heterocycles. The highest BCUT2D eigenvalue weighted by Gasteiger charge is 2.13. The molecule has 6 heteroatoms. The summed E-state index contributed by atoms with van der Waals surface area (Å²) in [5, 5.41) is 10.2. The minimum atomic E-state index is 0.154. The predicted octanol–water partition coefficient (Wildman–Crippen LogP) is 3.98. The summed E-state index contributed by atoms with van der Waals surface area (Å²) in [4.78, 5) is 6.58. The van der Waals surface area contributed by atoms with Crippen molar-refractivity contribution in [3.05, 3.63) is 51.2 Å². The average Bonchev–Trinajstić information content (AvgIpc) is 2.78. The SMILES string of the molecule is Cc1nc(CN(CCCO)Cc2ccc(Cl)c(Cl)c2)oc1C. The summed E-state index contributed by atoms with van der Waals surface area (Å²) < 4.78 is 5.64. The van der Waals surface area contributed by atoms with Crippen molar-refractivity contribution in [3.8, 4) is 0 Å². The number of nitrogens with zero attached hydrogens (tertiary/aromatic N) is 2. The van der Waals surface area contributed by atoms with Crippen molar-refractivity contribution < 1.29 is 9.52 Å². The number of aliphatic hydroxyl groups is 1. The van der Waals surface area contributed by atoms with E-state index in [0.29, 0.717) is 35.4 Å². The first-order valence-electron chi connectivity index (χ1n) is 7.19. The van der Waals surface area contributed by atoms with E-state index in [1.807, 2.05) is 26.0 Å². The first kappa shape index (κ1) is 17.3. The molecular formula is C16H20Cl2N2O2. The zero-order chi connectivity index (χ0) is 16.1. The van der Waals surface area contributed by atoms with Gasteiger partial charge in [0.15, 0.2) is 0 Å². The number of hydrogen-bond acceptors (Lipinski definition) is 4. The van der Waals surface area contributed by atoms with E-state index in [9.17, 15) is 0 Å². The van der Waals surface area contributed by atoms with Crippen molar-refractivity contribution in [2.45, 2.75) is 33.4 Å². The third-order valence-corrected chi connectivity index (χ3v) is 4.19. The minimum Gasteiger partial charge on any atom is -0.444 e. The predicted molar refractivity (Wildman–Crippen MR) is 88.3 cm³/mol. The molecule has 0 spiro atoms. The fourth-order valence-electron chi connectivity index (χ4n) is 2.20. The monoisotopic (exact) mass is 342 g/mol. The van der Waals surface area contributed by atoms with E-state index in [0.717, 1.165) is 23.6 Å². The number of oxazole rings is 1. The molecular weight excluding hydrogens is 323 g/mol. The van der Waals surface area contributed by atoms with E-state index in [1.165, 1.54) is 0 Å². The standard InChI is InChI=1S/C16H20Cl2N2O2/c1-11-12(2)22-16(19-11)10-20(6-3-7-21)9-13-4-5-14(17)15(18)8-13/h4-5,8,21H,3,6-7,9-10H2,1-2H3. The number of benzene rings is 1. The second kappa shape index (κ2) is 7.97. The molecule has 0 saturated carbocycles. The topological polar surface area (TPSA) is 49.5 Å². The van der Waals surface area contributed by atoms with Gasteiger partial charge in [-0.2, -0.15) is 0 Å². The number of hydrogen-bond donors (Lipinski definition) is 1. The van der Waals surface area contributed by atoms with Gasteiger partial charge in [-0.3, -0.25) is 4.90 Å². The Hall–Kier alpha value is -1.07. The number of rotatable bonds is 7. The molecule has 0 atom stereocenters. The molecule has 0 aliphatic rings. The number of halogens is 2. The lowest BCUT2D eigenvalue weighted by atomic mass is 10.2. The third-order valence-electron chi connectivity index (χ3n) is 3.45. The summed E-state index contributed by atoms with van der Waals surface area (Å²) in [5.74, 6) is 1.53. The van der Waals surface area contributed by atoms with Gasteiger partial charge in [0.25, 0.3) is 0 Å². The van der Waals surface area contributed by atoms with Crippen molar-refractivity contribution in [2.75, 3.05) is 13.2 Å². The van der Waals surface area contributed by atoms with Crippen LogP contribution in [0.15, 0.2) is 22.6 Å². The van der Waals surface area contributed by atoms with E-state index < -0.39 is 0 Å². The van der Waals surface area contributed by atoms with Gasteiger partial charge in [-0.15, -0.1) is 0 Å². The van der Waals surface area contributed by atoms with Gasteiger partial charge < -0.3 is 9.52 Å². The average molecular weight is 343 g/mol. The van der Waals surface area contributed by atoms with Gasteiger partial charge in [0, 0.05) is 19.7 Å². The fraction of sp³-hybridized carbons (Fsp3) is 0.438. The molecule has 0 radical (unpaired) electrons. The molecule has 0 aliphatic heterocycles. The maximum Gasteiger partial charge on any atom is 0.208 e. The highest BCUT2D eigenvalue weighted by molar-refractivity contribution is 6.42. The second-order valence-electron chi connectivity index (χ2n) is 5.29. The Kier molecular flexibility index (Phi) is 6.26. The quantitative estimate of drug-likeness (QED) is 0.826. The van der Waals surface area contributed by atoms with E-state index in [-0.39, 0.29) is 6.61 Å². The molecule has 22 heavy (non-hydrogen) atoms. The Bertz CT molecular complexity index is 609. The Morgan fingerprint density at radius 2 is 1.95 bits per heavy atom. The molecule has 1 heterocycles. The maximum absolute atomic E-state index is 9.07. The van der Waals surface area contributed by atoms with Gasteiger partial charge in [0.1, 0.15) is 5.76 Å². The van der Waals surface area contributed by atoms with Gasteiger partial charge in [0.05, 0.1) is 22.3 Å². The van der Waals surface area contributed by atoms with Crippen molar-refractivity contribution in [2.24, 2.45) is 0 Å². The molecule has 2 aromatic rings. The summed E-state index contributed by atoms with van der Waals surface area (Å²) in [6.45, 7) is 6.02. The zero-order valence-corrected chi connectivity index (χ0v) is 14.3. The van der Waals surface area contributed by atoms with Crippen LogP contribution in [0.5, 0.6) is 0 Å². The van der Waals surface area contributed by atoms with Crippen molar-refractivity contribution in [1.82, 2.24) is 9.88 Å². The zero-order valence-electron chi connectivity index (χ0n) is 12.8. The van der Waals surface area contributed by atoms with Crippen LogP contribution in [0.2, 0.25) is 10.0 Å². The fourth-order valence-corrected chi connectivity index (χ4v) is 2.52. The molecule has 2 rings (SSSR count). The largest absolute Gasteiger partial charge is 0.444 e. The van der Waals surface area contributed by atoms with Gasteiger partial charge in [-0.1, -0.05) is 29.3 Å². The Morgan fingerprint density at radius 3 is 2.55 bits per heavy atom. The van der Waals surface area contributed by atoms with E-state index in [2.05, 4.69) is 9.88 Å². The number of aryl methyl sites for hydroxylation is 2. The summed E-state index contributed by atoms with van der Waals surface area (Å²) in [7, 11) is 0. The Balaban J connectivity index is 2.09. The van der Waals surface area contributed by atoms with E-state index in [4.69, 9.17) is 32.7 Å². The van der Waals surface area contributed by atoms with Crippen LogP contribution in [0, 0.1) is 13.8 Å². The highest BCUT2D eigenvalue weighted by atomic mass is 35.5. The van der Waals surface area contributed by atoms with Crippen LogP contribution in [-0.2, 0) is 13.1 Å². The van der Waals surface area contributed by atoms with Crippen LogP contribution in [0.1, 0.15) is 29.3 Å². The van der Waals surface area contributed by atoms with Crippen LogP contribution in [-0.4, -0.2) is 28.1 Å². The lowest BCUT2D eigenvalue weighted by Crippen LogP contribution is -2.25. The van der Waals surface area contributed by atoms with Crippen LogP contribution in [0.3, 0.4) is 0 Å². The lowest BCUT2D eigenvalue weighted by Gasteiger charge is -2.20. The molecule has 0 fully saturated rings. The molecule has 1 aromatic carbocycles. The summed E-state index contributed by atoms with van der Waals surface area (Å²) in [6.07, 6.45) is 0.694. The van der Waals surface area contributed by atoms with Crippen LogP contribution >= 0.6 is 23.2 Å². The molecule has 0 unspecified atom stereocenters. The van der Waals surface area contributed by atoms with Crippen molar-refractivity contribution in [1.29, 1.82) is 0 Å². The first-order valence-corrected chi connectivity index (χ1v) is 7.95. The summed E-state index contributed by atoms with van der Waals surface area (Å²) in [6, 6.07) is 5.61. The molecule has 1 N–H and O–H groups in total. The Labute approximate surface area is 140 Å². The van der Waals surface area contributed by atoms with E-state index in [1.54, 1.807) is 6.07 Å². The first-order chi connectivity index (χ1) is 10.5. The number of aromatic nitrogens is 1. The lowest BCUT2D eigenvalue weighted by molar-refractivity contribution is 0.197. The molecule has 1 aromatic heterocycles. The summed E-state index contributed by atoms with van der Waals surface area (Å²) >= 11 is 12.0. The van der Waals surface area contributed by atoms with Crippen molar-refractivity contribution in [3.63, 3.8) is 0 Å². The maximum atomic E-state index is 9.07. The smallest absolute Gasteiger partial charge is 0.208 e. The van der Waals surface area contributed by atoms with Crippen molar-refractivity contribution >= 4 is 23.2 Å². The molecule has 0 bridgehead atoms. The molecule has 0 aliphatic carbocycles. The summed E-state index contributed by atoms with van der Waals surface area (Å²) in [5.41, 5.74) is 1.97. The molecule has 4 nitrogen and oxygen atoms in total. The highest BCUT2D eigenvalue weighted by Crippen LogP contribution is 2.23. The van der Waals surface area contributed by atoms with Crippen LogP contribution in [0.4, 0.5) is 0 Å². The van der Waals surface area contributed by atoms with Crippen LogP contribution in [0.25, 0.3) is 0 Å². The molecule has 120 valence electrons. The molecule has 0 amide bonds. The minimum absolute atomic E-state index is 0.154. The number of aliphatic hydroxyl groups excluding tert-OH is 1.